The summed E-state index contributed by atoms with van der Waals surface area (Å²) >= 11 is 3.67. The van der Waals surface area contributed by atoms with Gasteiger partial charge in [-0.15, -0.1) is 0 Å². The van der Waals surface area contributed by atoms with Crippen molar-refractivity contribution >= 4 is 27.0 Å². The van der Waals surface area contributed by atoms with Crippen LogP contribution in [-0.2, 0) is 0 Å². The zero-order valence-corrected chi connectivity index (χ0v) is 12.6. The van der Waals surface area contributed by atoms with E-state index in [1.54, 1.807) is 0 Å². The summed E-state index contributed by atoms with van der Waals surface area (Å²) in [5, 5.41) is 0. The van der Waals surface area contributed by atoms with Crippen molar-refractivity contribution in [1.29, 1.82) is 0 Å². The second-order valence-electron chi connectivity index (χ2n) is 4.97. The van der Waals surface area contributed by atoms with E-state index in [0.717, 1.165) is 21.2 Å². The zero-order chi connectivity index (χ0) is 13.4. The molecular weight excluding hydrogens is 300 g/mol. The topological polar surface area (TPSA) is 17.8 Å². The lowest BCUT2D eigenvalue weighted by Gasteiger charge is -2.11. The quantitative estimate of drug-likeness (QED) is 0.657. The lowest BCUT2D eigenvalue weighted by Crippen LogP contribution is -1.95. The summed E-state index contributed by atoms with van der Waals surface area (Å²) in [5.41, 5.74) is 4.60. The second-order valence-corrected chi connectivity index (χ2v) is 5.82. The Morgan fingerprint density at radius 1 is 1.11 bits per heavy atom. The molecule has 0 bridgehead atoms. The van der Waals surface area contributed by atoms with Gasteiger partial charge < -0.3 is 0 Å². The van der Waals surface area contributed by atoms with Crippen LogP contribution in [0.4, 0.5) is 0 Å². The standard InChI is InChI=1S/C16H15BrN2/c1-11(2)12-7-8-15(13(17)9-12)19-10-18-14-5-3-4-6-16(14)19/h3-11H,1-2H3. The Kier molecular flexibility index (Phi) is 3.15. The number of nitrogens with zero attached hydrogens (tertiary/aromatic N) is 2. The Hall–Kier alpha value is -1.61. The van der Waals surface area contributed by atoms with E-state index in [1.165, 1.54) is 5.56 Å². The number of fused-ring (bicyclic) bond motifs is 1. The van der Waals surface area contributed by atoms with Crippen LogP contribution in [0.3, 0.4) is 0 Å². The molecule has 0 aliphatic carbocycles. The van der Waals surface area contributed by atoms with E-state index >= 15 is 0 Å². The highest BCUT2D eigenvalue weighted by molar-refractivity contribution is 9.10. The molecule has 1 heterocycles. The molecule has 3 rings (SSSR count). The largest absolute Gasteiger partial charge is 0.298 e. The van der Waals surface area contributed by atoms with Crippen LogP contribution in [0, 0.1) is 0 Å². The fourth-order valence-corrected chi connectivity index (χ4v) is 2.82. The first kappa shape index (κ1) is 12.4. The van der Waals surface area contributed by atoms with Crippen LogP contribution in [0.15, 0.2) is 53.3 Å². The first-order chi connectivity index (χ1) is 9.16. The van der Waals surface area contributed by atoms with Crippen LogP contribution in [0.1, 0.15) is 25.3 Å². The molecule has 96 valence electrons. The Morgan fingerprint density at radius 2 is 1.89 bits per heavy atom. The van der Waals surface area contributed by atoms with Crippen molar-refractivity contribution < 1.29 is 0 Å². The van der Waals surface area contributed by atoms with Crippen molar-refractivity contribution in [3.8, 4) is 5.69 Å². The highest BCUT2D eigenvalue weighted by Gasteiger charge is 2.09. The molecule has 0 saturated heterocycles. The molecule has 3 heteroatoms. The van der Waals surface area contributed by atoms with Gasteiger partial charge in [-0.3, -0.25) is 4.57 Å². The van der Waals surface area contributed by atoms with Gasteiger partial charge in [0.15, 0.2) is 0 Å². The van der Waals surface area contributed by atoms with Gasteiger partial charge in [0.25, 0.3) is 0 Å². The molecule has 0 aliphatic rings. The predicted molar refractivity (Wildman–Crippen MR) is 82.9 cm³/mol. The van der Waals surface area contributed by atoms with Gasteiger partial charge in [-0.25, -0.2) is 4.98 Å². The highest BCUT2D eigenvalue weighted by atomic mass is 79.9. The summed E-state index contributed by atoms with van der Waals surface area (Å²) in [5.74, 6) is 0.532. The van der Waals surface area contributed by atoms with Crippen LogP contribution >= 0.6 is 15.9 Å². The van der Waals surface area contributed by atoms with Crippen molar-refractivity contribution in [3.63, 3.8) is 0 Å². The first-order valence-electron chi connectivity index (χ1n) is 6.38. The van der Waals surface area contributed by atoms with Crippen molar-refractivity contribution in [3.05, 3.63) is 58.8 Å². The second kappa shape index (κ2) is 4.82. The van der Waals surface area contributed by atoms with Crippen molar-refractivity contribution in [2.75, 3.05) is 0 Å². The number of benzene rings is 2. The monoisotopic (exact) mass is 314 g/mol. The number of aromatic nitrogens is 2. The minimum Gasteiger partial charge on any atom is -0.298 e. The lowest BCUT2D eigenvalue weighted by molar-refractivity contribution is 0.864. The van der Waals surface area contributed by atoms with Gasteiger partial charge in [-0.05, 0) is 51.7 Å². The van der Waals surface area contributed by atoms with Gasteiger partial charge in [-0.2, -0.15) is 0 Å². The Labute approximate surface area is 121 Å². The van der Waals surface area contributed by atoms with Gasteiger partial charge in [0, 0.05) is 4.47 Å². The molecule has 0 radical (unpaired) electrons. The molecule has 2 nitrogen and oxygen atoms in total. The molecule has 0 atom stereocenters. The van der Waals surface area contributed by atoms with Crippen molar-refractivity contribution in [2.24, 2.45) is 0 Å². The summed E-state index contributed by atoms with van der Waals surface area (Å²) in [7, 11) is 0. The third-order valence-electron chi connectivity index (χ3n) is 3.35. The SMILES string of the molecule is CC(C)c1ccc(-n2cnc3ccccc32)c(Br)c1. The van der Waals surface area contributed by atoms with Crippen molar-refractivity contribution in [1.82, 2.24) is 9.55 Å². The van der Waals surface area contributed by atoms with E-state index in [0.29, 0.717) is 5.92 Å². The number of halogens is 1. The summed E-state index contributed by atoms with van der Waals surface area (Å²) in [6.45, 7) is 4.40. The molecule has 0 unspecified atom stereocenters. The van der Waals surface area contributed by atoms with Gasteiger partial charge in [0.1, 0.15) is 6.33 Å². The van der Waals surface area contributed by atoms with E-state index < -0.39 is 0 Å². The highest BCUT2D eigenvalue weighted by Crippen LogP contribution is 2.28. The number of hydrogen-bond donors (Lipinski definition) is 0. The Morgan fingerprint density at radius 3 is 2.63 bits per heavy atom. The third-order valence-corrected chi connectivity index (χ3v) is 3.99. The minimum absolute atomic E-state index is 0.532. The summed E-state index contributed by atoms with van der Waals surface area (Å²) in [4.78, 5) is 4.44. The lowest BCUT2D eigenvalue weighted by atomic mass is 10.0. The van der Waals surface area contributed by atoms with Gasteiger partial charge in [0.05, 0.1) is 16.7 Å². The molecular formula is C16H15BrN2. The normalized spacial score (nSPS) is 11.4. The van der Waals surface area contributed by atoms with Crippen LogP contribution < -0.4 is 0 Å². The maximum atomic E-state index is 4.44. The molecule has 0 saturated carbocycles. The van der Waals surface area contributed by atoms with E-state index in [2.05, 4.69) is 63.6 Å². The number of imidazole rings is 1. The van der Waals surface area contributed by atoms with Crippen LogP contribution in [0.2, 0.25) is 0 Å². The molecule has 0 N–H and O–H groups in total. The summed E-state index contributed by atoms with van der Waals surface area (Å²) in [6.07, 6.45) is 1.87. The molecule has 0 amide bonds. The van der Waals surface area contributed by atoms with E-state index in [1.807, 2.05) is 24.5 Å². The number of rotatable bonds is 2. The fraction of sp³-hybridized carbons (Fsp3) is 0.188. The minimum atomic E-state index is 0.532. The smallest absolute Gasteiger partial charge is 0.100 e. The van der Waals surface area contributed by atoms with Gasteiger partial charge in [-0.1, -0.05) is 32.0 Å². The van der Waals surface area contributed by atoms with E-state index in [-0.39, 0.29) is 0 Å². The van der Waals surface area contributed by atoms with Crippen LogP contribution in [0.25, 0.3) is 16.7 Å². The fourth-order valence-electron chi connectivity index (χ4n) is 2.23. The summed E-state index contributed by atoms with van der Waals surface area (Å²) in [6, 6.07) is 14.7. The average molecular weight is 315 g/mol. The zero-order valence-electron chi connectivity index (χ0n) is 11.0. The molecule has 2 aromatic carbocycles. The van der Waals surface area contributed by atoms with E-state index in [9.17, 15) is 0 Å². The van der Waals surface area contributed by atoms with E-state index in [4.69, 9.17) is 0 Å². The van der Waals surface area contributed by atoms with Gasteiger partial charge >= 0.3 is 0 Å². The number of hydrogen-bond acceptors (Lipinski definition) is 1. The van der Waals surface area contributed by atoms with Gasteiger partial charge in [0.2, 0.25) is 0 Å². The van der Waals surface area contributed by atoms with Crippen molar-refractivity contribution in [2.45, 2.75) is 19.8 Å². The Bertz CT molecular complexity index is 728. The predicted octanol–water partition coefficient (Wildman–Crippen LogP) is 4.91. The molecule has 0 spiro atoms. The molecule has 0 aliphatic heterocycles. The van der Waals surface area contributed by atoms with Crippen LogP contribution in [-0.4, -0.2) is 9.55 Å². The molecule has 19 heavy (non-hydrogen) atoms. The maximum Gasteiger partial charge on any atom is 0.100 e. The molecule has 3 aromatic rings. The van der Waals surface area contributed by atoms with Crippen LogP contribution in [0.5, 0.6) is 0 Å². The Balaban J connectivity index is 2.17. The maximum absolute atomic E-state index is 4.44. The average Bonchev–Trinajstić information content (AvgIpc) is 2.82. The summed E-state index contributed by atoms with van der Waals surface area (Å²) < 4.78 is 3.21. The molecule has 1 aromatic heterocycles. The number of para-hydroxylation sites is 2. The first-order valence-corrected chi connectivity index (χ1v) is 7.18. The third kappa shape index (κ3) is 2.19. The molecule has 0 fully saturated rings.